The molecular weight excluding hydrogens is 381 g/mol. The largest absolute Gasteiger partial charge is 0.417 e. The number of alkyl halides is 3. The van der Waals surface area contributed by atoms with Crippen LogP contribution in [0.4, 0.5) is 13.2 Å². The van der Waals surface area contributed by atoms with Crippen LogP contribution in [0.5, 0.6) is 0 Å². The second-order valence-electron chi connectivity index (χ2n) is 6.57. The Bertz CT molecular complexity index is 1060. The number of nitrogens with one attached hydrogen (secondary N) is 1. The van der Waals surface area contributed by atoms with Crippen LogP contribution >= 0.6 is 0 Å². The van der Waals surface area contributed by atoms with E-state index < -0.39 is 35.3 Å². The third kappa shape index (κ3) is 4.74. The number of hydrogen-bond donors (Lipinski definition) is 1. The van der Waals surface area contributed by atoms with Crippen molar-refractivity contribution in [1.29, 1.82) is 0 Å². The van der Waals surface area contributed by atoms with Gasteiger partial charge < -0.3 is 9.88 Å². The van der Waals surface area contributed by atoms with Crippen LogP contribution in [0.25, 0.3) is 11.3 Å². The minimum Gasteiger partial charge on any atom is -0.352 e. The fourth-order valence-electron chi connectivity index (χ4n) is 3.10. The van der Waals surface area contributed by atoms with Crippen molar-refractivity contribution < 1.29 is 18.0 Å². The third-order valence-corrected chi connectivity index (χ3v) is 4.47. The van der Waals surface area contributed by atoms with Crippen molar-refractivity contribution in [3.05, 3.63) is 93.8 Å². The van der Waals surface area contributed by atoms with Crippen molar-refractivity contribution in [2.45, 2.75) is 26.2 Å². The van der Waals surface area contributed by atoms with Crippen LogP contribution in [-0.4, -0.2) is 10.5 Å². The van der Waals surface area contributed by atoms with Gasteiger partial charge in [-0.1, -0.05) is 60.7 Å². The third-order valence-electron chi connectivity index (χ3n) is 4.47. The van der Waals surface area contributed by atoms with Gasteiger partial charge in [0, 0.05) is 19.0 Å². The van der Waals surface area contributed by atoms with Crippen LogP contribution in [0.3, 0.4) is 0 Å². The van der Waals surface area contributed by atoms with E-state index in [0.29, 0.717) is 5.56 Å². The van der Waals surface area contributed by atoms with E-state index in [2.05, 4.69) is 5.32 Å². The lowest BCUT2D eigenvalue weighted by Gasteiger charge is -2.20. The molecule has 1 aromatic heterocycles. The summed E-state index contributed by atoms with van der Waals surface area (Å²) in [6.07, 6.45) is -4.73. The second-order valence-corrected chi connectivity index (χ2v) is 6.57. The van der Waals surface area contributed by atoms with Gasteiger partial charge in [-0.15, -0.1) is 0 Å². The molecule has 0 aliphatic rings. The van der Waals surface area contributed by atoms with Gasteiger partial charge in [0.2, 0.25) is 5.91 Å². The lowest BCUT2D eigenvalue weighted by atomic mass is 10.0. The first-order valence-electron chi connectivity index (χ1n) is 8.95. The molecule has 0 fully saturated rings. The van der Waals surface area contributed by atoms with Gasteiger partial charge in [0.1, 0.15) is 0 Å². The molecule has 0 spiro atoms. The first kappa shape index (κ1) is 20.4. The molecule has 0 aliphatic heterocycles. The maximum absolute atomic E-state index is 13.7. The van der Waals surface area contributed by atoms with Crippen LogP contribution in [0.1, 0.15) is 23.6 Å². The number of benzene rings is 2. The lowest BCUT2D eigenvalue weighted by Crippen LogP contribution is -2.33. The molecule has 29 heavy (non-hydrogen) atoms. The molecule has 0 aliphatic carbocycles. The Labute approximate surface area is 165 Å². The molecular formula is C22H19F3N2O2. The Kier molecular flexibility index (Phi) is 5.87. The summed E-state index contributed by atoms with van der Waals surface area (Å²) in [5, 5.41) is 2.31. The zero-order valence-electron chi connectivity index (χ0n) is 15.7. The zero-order valence-corrected chi connectivity index (χ0v) is 15.7. The first-order chi connectivity index (χ1) is 13.8. The summed E-state index contributed by atoms with van der Waals surface area (Å²) in [4.78, 5) is 24.4. The molecule has 2 aromatic carbocycles. The highest BCUT2D eigenvalue weighted by Gasteiger charge is 2.36. The number of carbonyl (C=O) groups excluding carboxylic acids is 1. The van der Waals surface area contributed by atoms with Gasteiger partial charge in [0.05, 0.1) is 17.8 Å². The van der Waals surface area contributed by atoms with Gasteiger partial charge in [-0.05, 0) is 17.2 Å². The van der Waals surface area contributed by atoms with Gasteiger partial charge in [-0.25, -0.2) is 0 Å². The highest BCUT2D eigenvalue weighted by atomic mass is 19.4. The number of rotatable bonds is 5. The highest BCUT2D eigenvalue weighted by Crippen LogP contribution is 2.34. The van der Waals surface area contributed by atoms with Crippen molar-refractivity contribution in [3.8, 4) is 11.3 Å². The van der Waals surface area contributed by atoms with E-state index in [1.54, 1.807) is 54.6 Å². The molecule has 150 valence electrons. The predicted octanol–water partition coefficient (Wildman–Crippen LogP) is 4.22. The molecule has 0 atom stereocenters. The smallest absolute Gasteiger partial charge is 0.352 e. The monoisotopic (exact) mass is 400 g/mol. The van der Waals surface area contributed by atoms with E-state index in [0.717, 1.165) is 11.6 Å². The fraction of sp³-hybridized carbons (Fsp3) is 0.182. The number of aromatic nitrogens is 1. The molecule has 4 nitrogen and oxygen atoms in total. The van der Waals surface area contributed by atoms with Crippen LogP contribution < -0.4 is 10.9 Å². The van der Waals surface area contributed by atoms with Crippen LogP contribution in [0, 0.1) is 0 Å². The Morgan fingerprint density at radius 2 is 1.59 bits per heavy atom. The summed E-state index contributed by atoms with van der Waals surface area (Å²) < 4.78 is 42.6. The van der Waals surface area contributed by atoms with E-state index >= 15 is 0 Å². The van der Waals surface area contributed by atoms with E-state index in [9.17, 15) is 22.8 Å². The molecule has 3 aromatic rings. The highest BCUT2D eigenvalue weighted by molar-refractivity contribution is 5.73. The Balaban J connectivity index is 2.26. The maximum Gasteiger partial charge on any atom is 0.417 e. The molecule has 1 N–H and O–H groups in total. The molecule has 0 saturated carbocycles. The van der Waals surface area contributed by atoms with Gasteiger partial charge >= 0.3 is 6.18 Å². The zero-order chi connectivity index (χ0) is 21.0. The average Bonchev–Trinajstić information content (AvgIpc) is 2.69. The Hall–Kier alpha value is -3.35. The summed E-state index contributed by atoms with van der Waals surface area (Å²) >= 11 is 0. The van der Waals surface area contributed by atoms with Crippen LogP contribution in [0.2, 0.25) is 0 Å². The van der Waals surface area contributed by atoms with Crippen molar-refractivity contribution in [2.24, 2.45) is 0 Å². The SMILES string of the molecule is CC(=O)NCc1c(C(F)(F)F)cc(-c2ccccc2)n(Cc2ccccc2)c1=O. The van der Waals surface area contributed by atoms with Gasteiger partial charge in [-0.2, -0.15) is 13.2 Å². The number of halogens is 3. The molecule has 3 rings (SSSR count). The molecule has 1 heterocycles. The molecule has 1 amide bonds. The fourth-order valence-corrected chi connectivity index (χ4v) is 3.10. The number of nitrogens with zero attached hydrogens (tertiary/aromatic N) is 1. The molecule has 0 saturated heterocycles. The topological polar surface area (TPSA) is 51.1 Å². The van der Waals surface area contributed by atoms with E-state index in [1.807, 2.05) is 6.07 Å². The lowest BCUT2D eigenvalue weighted by molar-refractivity contribution is -0.138. The van der Waals surface area contributed by atoms with Gasteiger partial charge in [0.25, 0.3) is 5.56 Å². The predicted molar refractivity (Wildman–Crippen MR) is 104 cm³/mol. The summed E-state index contributed by atoms with van der Waals surface area (Å²) in [7, 11) is 0. The minimum atomic E-state index is -4.73. The summed E-state index contributed by atoms with van der Waals surface area (Å²) in [5.74, 6) is -0.515. The molecule has 7 heteroatoms. The van der Waals surface area contributed by atoms with Crippen molar-refractivity contribution in [3.63, 3.8) is 0 Å². The quantitative estimate of drug-likeness (QED) is 0.697. The van der Waals surface area contributed by atoms with E-state index in [-0.39, 0.29) is 12.2 Å². The minimum absolute atomic E-state index is 0.106. The first-order valence-corrected chi connectivity index (χ1v) is 8.95. The molecule has 0 unspecified atom stereocenters. The summed E-state index contributed by atoms with van der Waals surface area (Å²) in [5.41, 5.74) is -0.869. The number of amides is 1. The second kappa shape index (κ2) is 8.34. The number of hydrogen-bond acceptors (Lipinski definition) is 2. The van der Waals surface area contributed by atoms with Crippen LogP contribution in [0.15, 0.2) is 71.5 Å². The van der Waals surface area contributed by atoms with Crippen molar-refractivity contribution in [1.82, 2.24) is 9.88 Å². The normalized spacial score (nSPS) is 11.3. The van der Waals surface area contributed by atoms with Crippen molar-refractivity contribution >= 4 is 5.91 Å². The van der Waals surface area contributed by atoms with Crippen molar-refractivity contribution in [2.75, 3.05) is 0 Å². The van der Waals surface area contributed by atoms with E-state index in [4.69, 9.17) is 0 Å². The average molecular weight is 400 g/mol. The summed E-state index contributed by atoms with van der Waals surface area (Å²) in [6.45, 7) is 0.802. The Morgan fingerprint density at radius 1 is 1.00 bits per heavy atom. The van der Waals surface area contributed by atoms with Gasteiger partial charge in [-0.3, -0.25) is 9.59 Å². The number of carbonyl (C=O) groups is 1. The van der Waals surface area contributed by atoms with Crippen LogP contribution in [-0.2, 0) is 24.1 Å². The standard InChI is InChI=1S/C22H19F3N2O2/c1-15(28)26-13-18-19(22(23,24)25)12-20(17-10-6-3-7-11-17)27(21(18)29)14-16-8-4-2-5-9-16/h2-12H,13-14H2,1H3,(H,26,28). The number of pyridine rings is 1. The van der Waals surface area contributed by atoms with E-state index in [1.165, 1.54) is 11.5 Å². The molecule has 0 radical (unpaired) electrons. The van der Waals surface area contributed by atoms with Gasteiger partial charge in [0.15, 0.2) is 0 Å². The Morgan fingerprint density at radius 3 is 2.14 bits per heavy atom. The summed E-state index contributed by atoms with van der Waals surface area (Å²) in [6, 6.07) is 18.5. The maximum atomic E-state index is 13.7. The molecule has 0 bridgehead atoms.